The van der Waals surface area contributed by atoms with Crippen LogP contribution >= 0.6 is 0 Å². The lowest BCUT2D eigenvalue weighted by atomic mass is 10.3. The van der Waals surface area contributed by atoms with Gasteiger partial charge in [-0.15, -0.1) is 0 Å². The quantitative estimate of drug-likeness (QED) is 0.0500. The molecule has 1 aromatic rings. The van der Waals surface area contributed by atoms with Crippen molar-refractivity contribution in [3.05, 3.63) is 0 Å². The summed E-state index contributed by atoms with van der Waals surface area (Å²) in [6.45, 7) is 22.1. The molecule has 23 nitrogen and oxygen atoms in total. The van der Waals surface area contributed by atoms with E-state index in [9.17, 15) is 0 Å². The molecular weight excluding hydrogens is 897 g/mol. The first kappa shape index (κ1) is 46.5. The van der Waals surface area contributed by atoms with E-state index in [0.717, 1.165) is 151 Å². The molecule has 11 saturated heterocycles. The largest absolute Gasteiger partial charge is 0.372 e. The lowest BCUT2D eigenvalue weighted by Gasteiger charge is -2.38. The average molecular weight is 971 g/mol. The summed E-state index contributed by atoms with van der Waals surface area (Å²) >= 11 is 0. The Kier molecular flexibility index (Phi) is 14.1. The fourth-order valence-electron chi connectivity index (χ4n) is 9.61. The van der Waals surface area contributed by atoms with E-state index in [2.05, 4.69) is 44.1 Å². The maximum atomic E-state index is 5.89. The average Bonchev–Trinajstić information content (AvgIpc) is 4.07. The van der Waals surface area contributed by atoms with Gasteiger partial charge in [0.25, 0.3) is 0 Å². The van der Waals surface area contributed by atoms with Crippen LogP contribution in [0.1, 0.15) is 12.8 Å². The third-order valence-electron chi connectivity index (χ3n) is 14.4. The number of hydrogen-bond acceptors (Lipinski definition) is 23. The van der Waals surface area contributed by atoms with Crippen molar-refractivity contribution < 1.29 is 52.1 Å². The van der Waals surface area contributed by atoms with E-state index >= 15 is 0 Å². The van der Waals surface area contributed by atoms with Gasteiger partial charge in [-0.1, -0.05) is 0 Å². The Morgan fingerprint density at radius 3 is 0.565 bits per heavy atom. The molecule has 1 aliphatic carbocycles. The molecule has 0 aromatic carbocycles. The Labute approximate surface area is 405 Å². The molecule has 0 spiro atoms. The molecule has 0 amide bonds. The Hall–Kier alpha value is -2.27. The van der Waals surface area contributed by atoms with Crippen LogP contribution in [0.25, 0.3) is 0 Å². The molecule has 11 atom stereocenters. The smallest absolute Gasteiger partial charge is 0.234 e. The van der Waals surface area contributed by atoms with Gasteiger partial charge < -0.3 is 66.8 Å². The molecule has 13 rings (SSSR count). The minimum absolute atomic E-state index is 0.204. The van der Waals surface area contributed by atoms with Gasteiger partial charge in [-0.05, 0) is 18.8 Å². The standard InChI is InChI=1S/C46H74N12O11/c1-2-32(1)3-50(4-33-15-59-33)26-56(27-51(5-34-16-60-34)6-35-17-61-35)44-47-45(57(28-52(7-36-18-62-36)8-37-19-63-37)29-53(9-38-20-64-38)10-39-21-65-39)49-46(48-44)58(30-54(11-40-22-66-40)12-41-23-67-41)31-55(13-42-24-68-42)14-43-25-69-43/h32-43H,1-31H2. The van der Waals surface area contributed by atoms with Gasteiger partial charge in [-0.3, -0.25) is 29.4 Å². The predicted octanol–water partition coefficient (Wildman–Crippen LogP) is -2.36. The van der Waals surface area contributed by atoms with E-state index in [4.69, 9.17) is 67.1 Å². The first-order valence-electron chi connectivity index (χ1n) is 26.1. The highest BCUT2D eigenvalue weighted by atomic mass is 16.6. The highest BCUT2D eigenvalue weighted by molar-refractivity contribution is 5.47. The minimum Gasteiger partial charge on any atom is -0.372 e. The van der Waals surface area contributed by atoms with Crippen molar-refractivity contribution in [1.29, 1.82) is 0 Å². The van der Waals surface area contributed by atoms with Crippen molar-refractivity contribution >= 4 is 17.8 Å². The number of epoxide rings is 11. The van der Waals surface area contributed by atoms with Crippen molar-refractivity contribution in [2.75, 3.05) is 206 Å². The van der Waals surface area contributed by atoms with Crippen LogP contribution in [0.2, 0.25) is 0 Å². The van der Waals surface area contributed by atoms with E-state index in [1.165, 1.54) is 12.8 Å². The van der Waals surface area contributed by atoms with Crippen molar-refractivity contribution in [3.63, 3.8) is 0 Å². The molecule has 1 aromatic heterocycles. The number of hydrogen-bond donors (Lipinski definition) is 0. The SMILES string of the molecule is C1CC1CN(CC1CO1)CN(CN(CC1CO1)CC1CO1)c1nc(N(CN(CC2CO2)CC2CO2)CN(CC2CO2)CC2CO2)nc(N(CN(CC2CO2)CC2CO2)CN(CC2CO2)CC2CO2)n1. The highest BCUT2D eigenvalue weighted by Crippen LogP contribution is 2.32. The van der Waals surface area contributed by atoms with Crippen LogP contribution in [0.3, 0.4) is 0 Å². The summed E-state index contributed by atoms with van der Waals surface area (Å²) in [5.74, 6) is 2.61. The van der Waals surface area contributed by atoms with E-state index in [-0.39, 0.29) is 67.1 Å². The van der Waals surface area contributed by atoms with Crippen LogP contribution in [-0.2, 0) is 52.1 Å². The second kappa shape index (κ2) is 20.9. The second-order valence-electron chi connectivity index (χ2n) is 21.9. The molecule has 0 bridgehead atoms. The van der Waals surface area contributed by atoms with Gasteiger partial charge in [0.1, 0.15) is 0 Å². The number of ether oxygens (including phenoxy) is 11. The molecule has 1 saturated carbocycles. The lowest BCUT2D eigenvalue weighted by Crippen LogP contribution is -2.51. The molecule has 12 aliphatic rings. The van der Waals surface area contributed by atoms with Crippen LogP contribution in [0.15, 0.2) is 0 Å². The number of anilines is 3. The first-order chi connectivity index (χ1) is 33.9. The van der Waals surface area contributed by atoms with Gasteiger partial charge in [0, 0.05) is 78.5 Å². The number of rotatable bonds is 39. The Morgan fingerprint density at radius 2 is 0.420 bits per heavy atom. The molecule has 11 unspecified atom stereocenters. The molecule has 69 heavy (non-hydrogen) atoms. The Bertz CT molecular complexity index is 1440. The third kappa shape index (κ3) is 15.9. The fourth-order valence-corrected chi connectivity index (χ4v) is 9.61. The van der Waals surface area contributed by atoms with Gasteiger partial charge in [-0.25, -0.2) is 0 Å². The van der Waals surface area contributed by atoms with Gasteiger partial charge in [-0.2, -0.15) is 15.0 Å². The van der Waals surface area contributed by atoms with Gasteiger partial charge in [0.15, 0.2) is 0 Å². The molecule has 11 aliphatic heterocycles. The van der Waals surface area contributed by atoms with Crippen LogP contribution in [-0.4, -0.2) is 303 Å². The molecular formula is C46H74N12O11. The maximum absolute atomic E-state index is 5.89. The van der Waals surface area contributed by atoms with Gasteiger partial charge >= 0.3 is 0 Å². The summed E-state index contributed by atoms with van der Waals surface area (Å²) in [4.78, 5) is 39.0. The summed E-state index contributed by atoms with van der Waals surface area (Å²) in [5, 5.41) is 0. The van der Waals surface area contributed by atoms with Gasteiger partial charge in [0.05, 0.1) is 180 Å². The van der Waals surface area contributed by atoms with Crippen molar-refractivity contribution in [2.24, 2.45) is 5.92 Å². The zero-order valence-corrected chi connectivity index (χ0v) is 40.2. The summed E-state index contributed by atoms with van der Waals surface area (Å²) in [6.07, 6.45) is 4.84. The molecule has 23 heteroatoms. The highest BCUT2D eigenvalue weighted by Gasteiger charge is 2.40. The summed E-state index contributed by atoms with van der Waals surface area (Å²) in [7, 11) is 0. The van der Waals surface area contributed by atoms with E-state index < -0.39 is 0 Å². The van der Waals surface area contributed by atoms with Gasteiger partial charge in [0.2, 0.25) is 17.8 Å². The molecule has 0 N–H and O–H groups in total. The Morgan fingerprint density at radius 1 is 0.261 bits per heavy atom. The molecule has 0 radical (unpaired) electrons. The van der Waals surface area contributed by atoms with E-state index in [1.807, 2.05) is 0 Å². The normalized spacial score (nSPS) is 33.7. The number of nitrogens with zero attached hydrogens (tertiary/aromatic N) is 12. The first-order valence-corrected chi connectivity index (χ1v) is 26.1. The molecule has 12 heterocycles. The Balaban J connectivity index is 0.897. The summed E-state index contributed by atoms with van der Waals surface area (Å²) < 4.78 is 64.4. The van der Waals surface area contributed by atoms with Crippen LogP contribution in [0, 0.1) is 5.92 Å². The lowest BCUT2D eigenvalue weighted by molar-refractivity contribution is 0.182. The predicted molar refractivity (Wildman–Crippen MR) is 246 cm³/mol. The van der Waals surface area contributed by atoms with Crippen molar-refractivity contribution in [2.45, 2.75) is 80.0 Å². The van der Waals surface area contributed by atoms with Crippen molar-refractivity contribution in [3.8, 4) is 0 Å². The zero-order valence-electron chi connectivity index (χ0n) is 40.2. The minimum atomic E-state index is 0.204. The van der Waals surface area contributed by atoms with E-state index in [1.54, 1.807) is 0 Å². The van der Waals surface area contributed by atoms with Crippen LogP contribution in [0.5, 0.6) is 0 Å². The fraction of sp³-hybridized carbons (Fsp3) is 0.935. The zero-order chi connectivity index (χ0) is 45.7. The maximum Gasteiger partial charge on any atom is 0.234 e. The molecule has 12 fully saturated rings. The summed E-state index contributed by atoms with van der Waals surface area (Å²) in [5.41, 5.74) is 0. The van der Waals surface area contributed by atoms with Crippen molar-refractivity contribution in [1.82, 2.24) is 44.4 Å². The number of aromatic nitrogens is 3. The van der Waals surface area contributed by atoms with Crippen LogP contribution < -0.4 is 14.7 Å². The topological polar surface area (TPSA) is 206 Å². The van der Waals surface area contributed by atoms with E-state index in [0.29, 0.717) is 63.8 Å². The summed E-state index contributed by atoms with van der Waals surface area (Å²) in [6, 6.07) is 0. The monoisotopic (exact) mass is 971 g/mol. The molecule has 384 valence electrons. The van der Waals surface area contributed by atoms with Crippen LogP contribution in [0.4, 0.5) is 17.8 Å². The third-order valence-corrected chi connectivity index (χ3v) is 14.4. The second-order valence-corrected chi connectivity index (χ2v) is 21.9.